The number of alkyl halides is 1. The standard InChI is InChI=1S/C28H35F3N4O2/c1-28(2,3)26(35(25(36)18-37-4)12-11-23(32)15-29)27-33-24(20-8-6-10-22(31)14-20)17-34(27)16-19-7-5-9-21(30)13-19/h5-10,13-14,17,23,26H,11-12,15-16,18,32H2,1-4H3/t23-,26+/m1/s1. The summed E-state index contributed by atoms with van der Waals surface area (Å²) in [6.07, 6.45) is 2.03. The average Bonchev–Trinajstić information content (AvgIpc) is 3.23. The molecule has 1 heterocycles. The first-order valence-corrected chi connectivity index (χ1v) is 12.2. The Balaban J connectivity index is 2.17. The van der Waals surface area contributed by atoms with Crippen molar-refractivity contribution >= 4 is 5.91 Å². The monoisotopic (exact) mass is 516 g/mol. The molecular weight excluding hydrogens is 481 g/mol. The van der Waals surface area contributed by atoms with Gasteiger partial charge in [-0.15, -0.1) is 0 Å². The summed E-state index contributed by atoms with van der Waals surface area (Å²) >= 11 is 0. The normalized spacial score (nSPS) is 13.4. The predicted molar refractivity (Wildman–Crippen MR) is 137 cm³/mol. The van der Waals surface area contributed by atoms with Gasteiger partial charge in [-0.05, 0) is 41.7 Å². The zero-order valence-corrected chi connectivity index (χ0v) is 21.8. The second kappa shape index (κ2) is 12.4. The van der Waals surface area contributed by atoms with Crippen molar-refractivity contribution in [2.45, 2.75) is 45.8 Å². The van der Waals surface area contributed by atoms with Crippen LogP contribution in [0.1, 0.15) is 44.6 Å². The van der Waals surface area contributed by atoms with Gasteiger partial charge < -0.3 is 19.9 Å². The minimum absolute atomic E-state index is 0.168. The lowest BCUT2D eigenvalue weighted by Crippen LogP contribution is -2.45. The molecule has 3 aromatic rings. The number of hydrogen-bond acceptors (Lipinski definition) is 4. The number of hydrogen-bond donors (Lipinski definition) is 1. The smallest absolute Gasteiger partial charge is 0.249 e. The first-order valence-electron chi connectivity index (χ1n) is 12.2. The Morgan fingerprint density at radius 2 is 1.81 bits per heavy atom. The van der Waals surface area contributed by atoms with Crippen LogP contribution in [-0.4, -0.2) is 53.3 Å². The highest BCUT2D eigenvalue weighted by molar-refractivity contribution is 5.78. The van der Waals surface area contributed by atoms with Gasteiger partial charge in [0.2, 0.25) is 5.91 Å². The molecule has 2 atom stereocenters. The third-order valence-electron chi connectivity index (χ3n) is 6.07. The molecule has 0 saturated heterocycles. The van der Waals surface area contributed by atoms with Crippen molar-refractivity contribution in [2.24, 2.45) is 11.1 Å². The number of methoxy groups -OCH3 is 1. The van der Waals surface area contributed by atoms with E-state index in [-0.39, 0.29) is 37.8 Å². The van der Waals surface area contributed by atoms with Gasteiger partial charge >= 0.3 is 0 Å². The second-order valence-corrected chi connectivity index (χ2v) is 10.2. The number of halogens is 3. The number of nitrogens with zero attached hydrogens (tertiary/aromatic N) is 3. The Labute approximate surface area is 216 Å². The first-order chi connectivity index (χ1) is 17.5. The maximum Gasteiger partial charge on any atom is 0.249 e. The fraction of sp³-hybridized carbons (Fsp3) is 0.429. The lowest BCUT2D eigenvalue weighted by atomic mass is 9.84. The highest BCUT2D eigenvalue weighted by atomic mass is 19.1. The quantitative estimate of drug-likeness (QED) is 0.384. The minimum atomic E-state index is -0.714. The molecule has 0 radical (unpaired) electrons. The van der Waals surface area contributed by atoms with E-state index in [4.69, 9.17) is 15.5 Å². The van der Waals surface area contributed by atoms with Crippen LogP contribution in [-0.2, 0) is 16.1 Å². The lowest BCUT2D eigenvalue weighted by Gasteiger charge is -2.40. The third kappa shape index (κ3) is 7.42. The van der Waals surface area contributed by atoms with E-state index in [1.165, 1.54) is 31.4 Å². The van der Waals surface area contributed by atoms with E-state index in [1.54, 1.807) is 35.4 Å². The molecule has 2 aromatic carbocycles. The van der Waals surface area contributed by atoms with Crippen molar-refractivity contribution in [3.63, 3.8) is 0 Å². The number of nitrogens with two attached hydrogens (primary N) is 1. The summed E-state index contributed by atoms with van der Waals surface area (Å²) < 4.78 is 48.2. The van der Waals surface area contributed by atoms with Crippen molar-refractivity contribution in [3.8, 4) is 11.3 Å². The van der Waals surface area contributed by atoms with Crippen LogP contribution in [0.15, 0.2) is 54.7 Å². The molecule has 6 nitrogen and oxygen atoms in total. The maximum atomic E-state index is 14.0. The van der Waals surface area contributed by atoms with Crippen molar-refractivity contribution in [2.75, 3.05) is 26.9 Å². The highest BCUT2D eigenvalue weighted by Gasteiger charge is 2.38. The Morgan fingerprint density at radius 3 is 2.41 bits per heavy atom. The number of amides is 1. The van der Waals surface area contributed by atoms with Gasteiger partial charge in [-0.3, -0.25) is 4.79 Å². The molecule has 3 rings (SSSR count). The fourth-order valence-corrected chi connectivity index (χ4v) is 4.37. The molecular formula is C28H35F3N4O2. The largest absolute Gasteiger partial charge is 0.375 e. The van der Waals surface area contributed by atoms with Crippen LogP contribution in [0.3, 0.4) is 0 Å². The molecule has 0 saturated carbocycles. The van der Waals surface area contributed by atoms with Gasteiger partial charge in [0.25, 0.3) is 0 Å². The molecule has 200 valence electrons. The SMILES string of the molecule is COCC(=O)N(CC[C@@H](N)CF)[C@@H](c1nc(-c2cccc(F)c2)cn1Cc1cccc(F)c1)C(C)(C)C. The minimum Gasteiger partial charge on any atom is -0.375 e. The van der Waals surface area contributed by atoms with Crippen molar-refractivity contribution in [1.82, 2.24) is 14.5 Å². The Morgan fingerprint density at radius 1 is 1.14 bits per heavy atom. The summed E-state index contributed by atoms with van der Waals surface area (Å²) in [5.74, 6) is -0.521. The number of ether oxygens (including phenoxy) is 1. The fourth-order valence-electron chi connectivity index (χ4n) is 4.37. The van der Waals surface area contributed by atoms with Crippen molar-refractivity contribution in [1.29, 1.82) is 0 Å². The summed E-state index contributed by atoms with van der Waals surface area (Å²) in [6, 6.07) is 11.0. The van der Waals surface area contributed by atoms with Gasteiger partial charge in [-0.2, -0.15) is 0 Å². The van der Waals surface area contributed by atoms with Gasteiger partial charge in [0.05, 0.1) is 11.7 Å². The average molecular weight is 517 g/mol. The number of carbonyl (C=O) groups is 1. The topological polar surface area (TPSA) is 73.4 Å². The van der Waals surface area contributed by atoms with Gasteiger partial charge in [0.1, 0.15) is 30.7 Å². The maximum absolute atomic E-state index is 14.0. The van der Waals surface area contributed by atoms with E-state index < -0.39 is 30.0 Å². The molecule has 0 fully saturated rings. The predicted octanol–water partition coefficient (Wildman–Crippen LogP) is 5.13. The zero-order valence-electron chi connectivity index (χ0n) is 21.8. The molecule has 9 heteroatoms. The lowest BCUT2D eigenvalue weighted by molar-refractivity contribution is -0.140. The van der Waals surface area contributed by atoms with Gasteiger partial charge in [0.15, 0.2) is 0 Å². The van der Waals surface area contributed by atoms with Gasteiger partial charge in [-0.25, -0.2) is 18.2 Å². The summed E-state index contributed by atoms with van der Waals surface area (Å²) in [5, 5.41) is 0. The molecule has 0 bridgehead atoms. The second-order valence-electron chi connectivity index (χ2n) is 10.2. The van der Waals surface area contributed by atoms with Crippen LogP contribution in [0.25, 0.3) is 11.3 Å². The number of rotatable bonds is 11. The Bertz CT molecular complexity index is 1190. The molecule has 1 amide bonds. The Hall–Kier alpha value is -3.17. The van der Waals surface area contributed by atoms with E-state index in [1.807, 2.05) is 25.3 Å². The molecule has 0 unspecified atom stereocenters. The van der Waals surface area contributed by atoms with E-state index in [9.17, 15) is 18.0 Å². The molecule has 0 aliphatic heterocycles. The molecule has 1 aromatic heterocycles. The van der Waals surface area contributed by atoms with Gasteiger partial charge in [-0.1, -0.05) is 45.0 Å². The molecule has 2 N–H and O–H groups in total. The summed E-state index contributed by atoms with van der Waals surface area (Å²) in [6.45, 7) is 5.52. The van der Waals surface area contributed by atoms with E-state index in [0.717, 1.165) is 0 Å². The number of carbonyl (C=O) groups excluding carboxylic acids is 1. The number of aromatic nitrogens is 2. The van der Waals surface area contributed by atoms with Crippen LogP contribution in [0.2, 0.25) is 0 Å². The van der Waals surface area contributed by atoms with Crippen LogP contribution in [0.4, 0.5) is 13.2 Å². The highest BCUT2D eigenvalue weighted by Crippen LogP contribution is 2.39. The Kier molecular flexibility index (Phi) is 9.50. The zero-order chi connectivity index (χ0) is 27.2. The van der Waals surface area contributed by atoms with Crippen molar-refractivity contribution in [3.05, 3.63) is 77.8 Å². The van der Waals surface area contributed by atoms with Crippen molar-refractivity contribution < 1.29 is 22.7 Å². The molecule has 0 aliphatic rings. The van der Waals surface area contributed by atoms with E-state index in [0.29, 0.717) is 22.6 Å². The van der Waals surface area contributed by atoms with Crippen LogP contribution in [0, 0.1) is 17.0 Å². The summed E-state index contributed by atoms with van der Waals surface area (Å²) in [7, 11) is 1.43. The van der Waals surface area contributed by atoms with Crippen LogP contribution < -0.4 is 5.73 Å². The van der Waals surface area contributed by atoms with E-state index >= 15 is 0 Å². The summed E-state index contributed by atoms with van der Waals surface area (Å²) in [4.78, 5) is 19.8. The summed E-state index contributed by atoms with van der Waals surface area (Å²) in [5.41, 5.74) is 7.11. The van der Waals surface area contributed by atoms with Gasteiger partial charge in [0, 0.05) is 38.0 Å². The van der Waals surface area contributed by atoms with Crippen LogP contribution >= 0.6 is 0 Å². The number of imidazole rings is 1. The third-order valence-corrected chi connectivity index (χ3v) is 6.07. The molecule has 0 aliphatic carbocycles. The molecule has 37 heavy (non-hydrogen) atoms. The molecule has 0 spiro atoms. The van der Waals surface area contributed by atoms with E-state index in [2.05, 4.69) is 0 Å². The van der Waals surface area contributed by atoms with Crippen LogP contribution in [0.5, 0.6) is 0 Å². The first kappa shape index (κ1) is 28.4. The number of benzene rings is 2.